The van der Waals surface area contributed by atoms with Crippen LogP contribution in [0.15, 0.2) is 77.2 Å². The lowest BCUT2D eigenvalue weighted by atomic mass is 10.1. The van der Waals surface area contributed by atoms with Crippen molar-refractivity contribution in [1.82, 2.24) is 0 Å². The quantitative estimate of drug-likeness (QED) is 0.293. The predicted octanol–water partition coefficient (Wildman–Crippen LogP) is 6.64. The van der Waals surface area contributed by atoms with E-state index in [1.54, 1.807) is 6.92 Å². The number of esters is 1. The molecule has 1 heterocycles. The van der Waals surface area contributed by atoms with Crippen molar-refractivity contribution in [1.29, 1.82) is 0 Å². The largest absolute Gasteiger partial charge is 0.491 e. The highest BCUT2D eigenvalue weighted by Crippen LogP contribution is 2.37. The first-order chi connectivity index (χ1) is 15.5. The maximum absolute atomic E-state index is 12.8. The van der Waals surface area contributed by atoms with Crippen LogP contribution in [-0.2, 0) is 11.3 Å². The molecular formula is C27H26O5. The third-order valence-corrected chi connectivity index (χ3v) is 4.88. The minimum atomic E-state index is -0.424. The van der Waals surface area contributed by atoms with Gasteiger partial charge < -0.3 is 18.6 Å². The summed E-state index contributed by atoms with van der Waals surface area (Å²) in [5.74, 6) is 1.45. The van der Waals surface area contributed by atoms with Crippen LogP contribution < -0.4 is 9.47 Å². The molecule has 5 heteroatoms. The van der Waals surface area contributed by atoms with E-state index in [4.69, 9.17) is 18.6 Å². The molecule has 1 aromatic heterocycles. The number of fused-ring (bicyclic) bond motifs is 1. The molecule has 0 saturated heterocycles. The zero-order chi connectivity index (χ0) is 22.5. The molecule has 3 aromatic carbocycles. The number of hydrogen-bond donors (Lipinski definition) is 0. The maximum atomic E-state index is 12.8. The molecule has 0 aliphatic carbocycles. The van der Waals surface area contributed by atoms with E-state index in [9.17, 15) is 4.79 Å². The van der Waals surface area contributed by atoms with Crippen molar-refractivity contribution in [3.05, 3.63) is 83.9 Å². The summed E-state index contributed by atoms with van der Waals surface area (Å²) in [7, 11) is 0. The van der Waals surface area contributed by atoms with E-state index in [1.807, 2.05) is 86.6 Å². The standard InChI is InChI=1S/C27H26O5/c1-4-29-27(28)25-23-16-22(31-18(2)3)14-15-24(23)32-26(25)20-10-12-21(13-11-20)30-17-19-8-6-5-7-9-19/h5-16,18H,4,17H2,1-3H3. The number of hydrogen-bond acceptors (Lipinski definition) is 5. The lowest BCUT2D eigenvalue weighted by Gasteiger charge is -2.09. The van der Waals surface area contributed by atoms with Crippen LogP contribution in [0.3, 0.4) is 0 Å². The summed E-state index contributed by atoms with van der Waals surface area (Å²) in [5, 5.41) is 0.668. The molecule has 0 N–H and O–H groups in total. The molecule has 0 aliphatic heterocycles. The molecule has 0 saturated carbocycles. The van der Waals surface area contributed by atoms with Crippen LogP contribution in [0.4, 0.5) is 0 Å². The summed E-state index contributed by atoms with van der Waals surface area (Å²) in [6, 6.07) is 23.0. The van der Waals surface area contributed by atoms with E-state index in [1.165, 1.54) is 0 Å². The van der Waals surface area contributed by atoms with Crippen LogP contribution in [-0.4, -0.2) is 18.7 Å². The average Bonchev–Trinajstić information content (AvgIpc) is 3.17. The fraction of sp³-hybridized carbons (Fsp3) is 0.222. The van der Waals surface area contributed by atoms with Crippen molar-refractivity contribution in [2.45, 2.75) is 33.5 Å². The SMILES string of the molecule is CCOC(=O)c1c(-c2ccc(OCc3ccccc3)cc2)oc2ccc(OC(C)C)cc12. The fourth-order valence-corrected chi connectivity index (χ4v) is 3.47. The zero-order valence-electron chi connectivity index (χ0n) is 18.5. The maximum Gasteiger partial charge on any atom is 0.342 e. The fourth-order valence-electron chi connectivity index (χ4n) is 3.47. The van der Waals surface area contributed by atoms with Crippen molar-refractivity contribution in [3.63, 3.8) is 0 Å². The Balaban J connectivity index is 1.66. The van der Waals surface area contributed by atoms with Gasteiger partial charge in [0.25, 0.3) is 0 Å². The average molecular weight is 431 g/mol. The number of carbonyl (C=O) groups is 1. The molecule has 4 aromatic rings. The van der Waals surface area contributed by atoms with Gasteiger partial charge in [-0.15, -0.1) is 0 Å². The summed E-state index contributed by atoms with van der Waals surface area (Å²) in [6.07, 6.45) is 0.0216. The Morgan fingerprint density at radius 1 is 0.938 bits per heavy atom. The highest BCUT2D eigenvalue weighted by Gasteiger charge is 2.24. The van der Waals surface area contributed by atoms with E-state index in [0.29, 0.717) is 34.6 Å². The minimum Gasteiger partial charge on any atom is -0.491 e. The number of carbonyl (C=O) groups excluding carboxylic acids is 1. The molecule has 0 fully saturated rings. The molecule has 4 rings (SSSR count). The molecule has 0 radical (unpaired) electrons. The summed E-state index contributed by atoms with van der Waals surface area (Å²) >= 11 is 0. The van der Waals surface area contributed by atoms with Gasteiger partial charge in [-0.05, 0) is 68.8 Å². The predicted molar refractivity (Wildman–Crippen MR) is 124 cm³/mol. The minimum absolute atomic E-state index is 0.0216. The Morgan fingerprint density at radius 2 is 1.66 bits per heavy atom. The molecule has 0 unspecified atom stereocenters. The molecule has 0 bridgehead atoms. The summed E-state index contributed by atoms with van der Waals surface area (Å²) in [4.78, 5) is 12.8. The smallest absolute Gasteiger partial charge is 0.342 e. The number of furan rings is 1. The van der Waals surface area contributed by atoms with Crippen molar-refractivity contribution >= 4 is 16.9 Å². The number of benzene rings is 3. The van der Waals surface area contributed by atoms with Gasteiger partial charge >= 0.3 is 5.97 Å². The first-order valence-electron chi connectivity index (χ1n) is 10.7. The molecule has 32 heavy (non-hydrogen) atoms. The second kappa shape index (κ2) is 9.60. The van der Waals surface area contributed by atoms with E-state index < -0.39 is 5.97 Å². The summed E-state index contributed by atoms with van der Waals surface area (Å²) < 4.78 is 23.1. The second-order valence-corrected chi connectivity index (χ2v) is 7.65. The summed E-state index contributed by atoms with van der Waals surface area (Å²) in [6.45, 7) is 6.46. The van der Waals surface area contributed by atoms with Gasteiger partial charge in [-0.2, -0.15) is 0 Å². The Hall–Kier alpha value is -3.73. The van der Waals surface area contributed by atoms with E-state index in [2.05, 4.69) is 0 Å². The molecule has 164 valence electrons. The van der Waals surface area contributed by atoms with Gasteiger partial charge in [0.1, 0.15) is 35.0 Å². The first-order valence-corrected chi connectivity index (χ1v) is 10.7. The zero-order valence-corrected chi connectivity index (χ0v) is 18.5. The van der Waals surface area contributed by atoms with Crippen molar-refractivity contribution < 1.29 is 23.4 Å². The van der Waals surface area contributed by atoms with Gasteiger partial charge in [0.2, 0.25) is 0 Å². The Kier molecular flexibility index (Phi) is 6.45. The van der Waals surface area contributed by atoms with Gasteiger partial charge in [0, 0.05) is 10.9 Å². The molecule has 0 spiro atoms. The van der Waals surface area contributed by atoms with Gasteiger partial charge in [-0.3, -0.25) is 0 Å². The molecule has 0 aliphatic rings. The van der Waals surface area contributed by atoms with Crippen molar-refractivity contribution in [3.8, 4) is 22.8 Å². The monoisotopic (exact) mass is 430 g/mol. The van der Waals surface area contributed by atoms with Gasteiger partial charge in [0.05, 0.1) is 12.7 Å². The van der Waals surface area contributed by atoms with Crippen LogP contribution in [0.5, 0.6) is 11.5 Å². The van der Waals surface area contributed by atoms with Gasteiger partial charge in [0.15, 0.2) is 0 Å². The number of ether oxygens (including phenoxy) is 3. The van der Waals surface area contributed by atoms with Crippen LogP contribution in [0.1, 0.15) is 36.7 Å². The highest BCUT2D eigenvalue weighted by molar-refractivity contribution is 6.09. The molecular weight excluding hydrogens is 404 g/mol. The van der Waals surface area contributed by atoms with Crippen molar-refractivity contribution in [2.75, 3.05) is 6.61 Å². The Morgan fingerprint density at radius 3 is 2.34 bits per heavy atom. The third-order valence-electron chi connectivity index (χ3n) is 4.88. The lowest BCUT2D eigenvalue weighted by molar-refractivity contribution is 0.0528. The van der Waals surface area contributed by atoms with E-state index in [0.717, 1.165) is 16.9 Å². The Labute approximate surface area is 187 Å². The van der Waals surface area contributed by atoms with Crippen LogP contribution in [0.25, 0.3) is 22.3 Å². The summed E-state index contributed by atoms with van der Waals surface area (Å²) in [5.41, 5.74) is 2.86. The van der Waals surface area contributed by atoms with E-state index >= 15 is 0 Å². The van der Waals surface area contributed by atoms with Crippen LogP contribution in [0.2, 0.25) is 0 Å². The third kappa shape index (κ3) is 4.78. The van der Waals surface area contributed by atoms with Crippen molar-refractivity contribution in [2.24, 2.45) is 0 Å². The number of rotatable bonds is 8. The molecule has 0 amide bonds. The van der Waals surface area contributed by atoms with Crippen LogP contribution >= 0.6 is 0 Å². The molecule has 0 atom stereocenters. The van der Waals surface area contributed by atoms with Gasteiger partial charge in [-0.25, -0.2) is 4.79 Å². The van der Waals surface area contributed by atoms with E-state index in [-0.39, 0.29) is 12.7 Å². The van der Waals surface area contributed by atoms with Crippen LogP contribution in [0, 0.1) is 0 Å². The first kappa shape index (κ1) is 21.5. The second-order valence-electron chi connectivity index (χ2n) is 7.65. The topological polar surface area (TPSA) is 57.9 Å². The Bertz CT molecular complexity index is 1190. The normalized spacial score (nSPS) is 11.0. The van der Waals surface area contributed by atoms with Gasteiger partial charge in [-0.1, -0.05) is 30.3 Å². The highest BCUT2D eigenvalue weighted by atomic mass is 16.5. The lowest BCUT2D eigenvalue weighted by Crippen LogP contribution is -2.06. The molecule has 5 nitrogen and oxygen atoms in total.